The molecule has 6 unspecified atom stereocenters. The van der Waals surface area contributed by atoms with Crippen LogP contribution in [0.4, 0.5) is 0 Å². The third-order valence-electron chi connectivity index (χ3n) is 11.6. The summed E-state index contributed by atoms with van der Waals surface area (Å²) < 4.78 is 0. The maximum absolute atomic E-state index is 2.58. The Hall–Kier alpha value is 0. The average Bonchev–Trinajstić information content (AvgIpc) is 2.55. The summed E-state index contributed by atoms with van der Waals surface area (Å²) in [5.41, 5.74) is 0. The Morgan fingerprint density at radius 3 is 1.15 bits per heavy atom. The summed E-state index contributed by atoms with van der Waals surface area (Å²) in [6.07, 6.45) is 19.0. The zero-order chi connectivity index (χ0) is 17.4. The molecule has 6 fully saturated rings. The van der Waals surface area contributed by atoms with Crippen LogP contribution in [0.25, 0.3) is 0 Å². The summed E-state index contributed by atoms with van der Waals surface area (Å²) in [5.74, 6) is 14.0. The van der Waals surface area contributed by atoms with Crippen molar-refractivity contribution in [2.75, 3.05) is 0 Å². The van der Waals surface area contributed by atoms with Gasteiger partial charge in [0, 0.05) is 0 Å². The predicted octanol–water partition coefficient (Wildman–Crippen LogP) is 7.18. The van der Waals surface area contributed by atoms with Crippen molar-refractivity contribution in [2.24, 2.45) is 71.0 Å². The van der Waals surface area contributed by atoms with E-state index in [0.717, 1.165) is 29.6 Å². The van der Waals surface area contributed by atoms with Gasteiger partial charge in [0.2, 0.25) is 0 Å². The Morgan fingerprint density at radius 2 is 0.808 bits per heavy atom. The zero-order valence-electron chi connectivity index (χ0n) is 17.4. The van der Waals surface area contributed by atoms with Crippen LogP contribution in [0.2, 0.25) is 0 Å². The molecule has 0 saturated heterocycles. The molecule has 6 aliphatic carbocycles. The molecule has 0 heterocycles. The molecular weight excluding hydrogens is 312 g/mol. The van der Waals surface area contributed by atoms with Gasteiger partial charge in [-0.2, -0.15) is 0 Å². The Balaban J connectivity index is 1.02. The first-order valence-electron chi connectivity index (χ1n) is 12.8. The highest BCUT2D eigenvalue weighted by atomic mass is 14.6. The molecule has 0 aliphatic heterocycles. The van der Waals surface area contributed by atoms with Gasteiger partial charge in [-0.3, -0.25) is 0 Å². The fraction of sp³-hybridized carbons (Fsp3) is 1.00. The first-order chi connectivity index (χ1) is 12.8. The topological polar surface area (TPSA) is 0 Å². The highest BCUT2D eigenvalue weighted by Crippen LogP contribution is 2.66. The third kappa shape index (κ3) is 2.20. The largest absolute Gasteiger partial charge is 0.0654 e. The fourth-order valence-electron chi connectivity index (χ4n) is 9.80. The number of hydrogen-bond acceptors (Lipinski definition) is 0. The van der Waals surface area contributed by atoms with E-state index in [9.17, 15) is 0 Å². The molecule has 6 rings (SSSR count). The van der Waals surface area contributed by atoms with Crippen LogP contribution in [0.15, 0.2) is 0 Å². The molecular formula is C26H42. The van der Waals surface area contributed by atoms with Crippen molar-refractivity contribution in [3.63, 3.8) is 0 Å². The van der Waals surface area contributed by atoms with Crippen molar-refractivity contribution in [3.05, 3.63) is 0 Å². The lowest BCUT2D eigenvalue weighted by Gasteiger charge is -2.64. The van der Waals surface area contributed by atoms with E-state index in [0.29, 0.717) is 0 Å². The van der Waals surface area contributed by atoms with Crippen LogP contribution in [0.3, 0.4) is 0 Å². The van der Waals surface area contributed by atoms with Crippen molar-refractivity contribution in [3.8, 4) is 0 Å². The Kier molecular flexibility index (Phi) is 4.06. The molecule has 0 spiro atoms. The molecule has 12 atom stereocenters. The lowest BCUT2D eigenvalue weighted by molar-refractivity contribution is -0.146. The van der Waals surface area contributed by atoms with Gasteiger partial charge in [-0.05, 0) is 135 Å². The minimum atomic E-state index is 1.09. The van der Waals surface area contributed by atoms with E-state index in [-0.39, 0.29) is 0 Å². The van der Waals surface area contributed by atoms with E-state index in [1.165, 1.54) is 47.8 Å². The molecule has 0 N–H and O–H groups in total. The molecule has 6 aliphatic rings. The predicted molar refractivity (Wildman–Crippen MR) is 109 cm³/mol. The van der Waals surface area contributed by atoms with Gasteiger partial charge in [0.1, 0.15) is 0 Å². The second-order valence-electron chi connectivity index (χ2n) is 11.8. The first-order valence-corrected chi connectivity index (χ1v) is 12.8. The maximum Gasteiger partial charge on any atom is -0.0352 e. The van der Waals surface area contributed by atoms with E-state index in [1.54, 1.807) is 70.6 Å². The summed E-state index contributed by atoms with van der Waals surface area (Å²) in [4.78, 5) is 0. The van der Waals surface area contributed by atoms with E-state index < -0.39 is 0 Å². The minimum Gasteiger partial charge on any atom is -0.0654 e. The quantitative estimate of drug-likeness (QED) is 0.433. The van der Waals surface area contributed by atoms with Gasteiger partial charge in [-0.25, -0.2) is 0 Å². The molecule has 0 aromatic heterocycles. The van der Waals surface area contributed by atoms with Gasteiger partial charge < -0.3 is 0 Å². The van der Waals surface area contributed by atoms with E-state index >= 15 is 0 Å². The normalized spacial score (nSPS) is 58.4. The van der Waals surface area contributed by atoms with Crippen LogP contribution in [0.1, 0.15) is 90.9 Å². The van der Waals surface area contributed by atoms with Crippen molar-refractivity contribution in [1.29, 1.82) is 0 Å². The van der Waals surface area contributed by atoms with Crippen LogP contribution >= 0.6 is 0 Å². The molecule has 0 aromatic rings. The molecule has 26 heavy (non-hydrogen) atoms. The molecule has 6 saturated carbocycles. The van der Waals surface area contributed by atoms with Gasteiger partial charge in [-0.1, -0.05) is 26.7 Å². The second kappa shape index (κ2) is 6.25. The van der Waals surface area contributed by atoms with E-state index in [1.807, 2.05) is 0 Å². The molecule has 0 nitrogen and oxygen atoms in total. The Bertz CT molecular complexity index is 530. The van der Waals surface area contributed by atoms with Gasteiger partial charge in [0.15, 0.2) is 0 Å². The molecule has 0 amide bonds. The molecule has 0 radical (unpaired) electrons. The van der Waals surface area contributed by atoms with Gasteiger partial charge in [-0.15, -0.1) is 0 Å². The van der Waals surface area contributed by atoms with Crippen molar-refractivity contribution in [1.82, 2.24) is 0 Å². The Labute approximate surface area is 162 Å². The lowest BCUT2D eigenvalue weighted by Crippen LogP contribution is -2.56. The van der Waals surface area contributed by atoms with Gasteiger partial charge >= 0.3 is 0 Å². The summed E-state index contributed by atoms with van der Waals surface area (Å²) >= 11 is 0. The lowest BCUT2D eigenvalue weighted by atomic mass is 9.41. The zero-order valence-corrected chi connectivity index (χ0v) is 17.4. The highest BCUT2D eigenvalue weighted by Gasteiger charge is 2.58. The van der Waals surface area contributed by atoms with Gasteiger partial charge in [0.25, 0.3) is 0 Å². The average molecular weight is 355 g/mol. The molecule has 146 valence electrons. The van der Waals surface area contributed by atoms with Crippen LogP contribution in [0.5, 0.6) is 0 Å². The van der Waals surface area contributed by atoms with Gasteiger partial charge in [0.05, 0.1) is 0 Å². The van der Waals surface area contributed by atoms with Crippen LogP contribution in [-0.2, 0) is 0 Å². The number of hydrogen-bond donors (Lipinski definition) is 0. The summed E-state index contributed by atoms with van der Waals surface area (Å²) in [5, 5.41) is 0. The second-order valence-corrected chi connectivity index (χ2v) is 11.8. The Morgan fingerprint density at radius 1 is 0.462 bits per heavy atom. The van der Waals surface area contributed by atoms with Crippen molar-refractivity contribution in [2.45, 2.75) is 90.9 Å². The molecule has 0 bridgehead atoms. The van der Waals surface area contributed by atoms with Crippen molar-refractivity contribution >= 4 is 0 Å². The van der Waals surface area contributed by atoms with E-state index in [2.05, 4.69) is 13.8 Å². The number of rotatable bonds is 8. The van der Waals surface area contributed by atoms with Crippen molar-refractivity contribution < 1.29 is 0 Å². The molecule has 0 heteroatoms. The minimum absolute atomic E-state index is 1.09. The smallest absolute Gasteiger partial charge is 0.0352 e. The third-order valence-corrected chi connectivity index (χ3v) is 11.6. The standard InChI is InChI=1S/C26H42/c1-3-4-18-20-9-11-23(20)21(18)10-12-24-22(25-13-14-26(24)25)8-6-17-15(2)16-5-7-19(16)17/h15-26H,3-14H2,1-2H3/t15?,16?,17-,18-,19?,20?,21-,22+,23-,24-,25?,26?/m0/s1. The summed E-state index contributed by atoms with van der Waals surface area (Å²) in [6.45, 7) is 4.99. The van der Waals surface area contributed by atoms with E-state index in [4.69, 9.17) is 0 Å². The maximum atomic E-state index is 2.58. The fourth-order valence-corrected chi connectivity index (χ4v) is 9.80. The number of fused-ring (bicyclic) bond motifs is 3. The van der Waals surface area contributed by atoms with Crippen LogP contribution in [0, 0.1) is 71.0 Å². The monoisotopic (exact) mass is 354 g/mol. The van der Waals surface area contributed by atoms with Crippen LogP contribution in [-0.4, -0.2) is 0 Å². The highest BCUT2D eigenvalue weighted by molar-refractivity contribution is 5.07. The molecule has 0 aromatic carbocycles. The SMILES string of the molecule is CCC[C@H]1C2CC[C@@H]2[C@H]1CC[C@@H]1C2CCC2[C@@H]1CC[C@H]1C(C)C2CCC21. The first kappa shape index (κ1) is 16.9. The summed E-state index contributed by atoms with van der Waals surface area (Å²) in [6, 6.07) is 0. The summed E-state index contributed by atoms with van der Waals surface area (Å²) in [7, 11) is 0. The van der Waals surface area contributed by atoms with Crippen LogP contribution < -0.4 is 0 Å².